The molecule has 4 rings (SSSR count). The zero-order chi connectivity index (χ0) is 17.6. The van der Waals surface area contributed by atoms with Gasteiger partial charge < -0.3 is 5.32 Å². The number of rotatable bonds is 3. The van der Waals surface area contributed by atoms with Crippen LogP contribution in [0.5, 0.6) is 0 Å². The molecule has 0 saturated carbocycles. The van der Waals surface area contributed by atoms with Gasteiger partial charge in [0.25, 0.3) is 5.56 Å². The topological polar surface area (TPSA) is 64.2 Å². The molecule has 0 aliphatic rings. The molecule has 25 heavy (non-hydrogen) atoms. The van der Waals surface area contributed by atoms with E-state index in [1.807, 2.05) is 28.7 Å². The van der Waals surface area contributed by atoms with Crippen molar-refractivity contribution < 1.29 is 0 Å². The molecule has 8 heteroatoms. The number of para-hydroxylation sites is 1. The smallest absolute Gasteiger partial charge is 0.262 e. The molecule has 0 spiro atoms. The highest BCUT2D eigenvalue weighted by Crippen LogP contribution is 2.25. The van der Waals surface area contributed by atoms with E-state index in [1.165, 1.54) is 4.57 Å². The Morgan fingerprint density at radius 2 is 1.88 bits per heavy atom. The van der Waals surface area contributed by atoms with Crippen molar-refractivity contribution in [1.29, 1.82) is 0 Å². The highest BCUT2D eigenvalue weighted by molar-refractivity contribution is 6.42. The first kappa shape index (κ1) is 15.9. The molecule has 0 bridgehead atoms. The molecule has 0 fully saturated rings. The third-order valence-corrected chi connectivity index (χ3v) is 4.80. The van der Waals surface area contributed by atoms with Gasteiger partial charge in [-0.2, -0.15) is 0 Å². The fourth-order valence-corrected chi connectivity index (χ4v) is 3.09. The number of nitrogens with one attached hydrogen (secondary N) is 1. The highest BCUT2D eigenvalue weighted by Gasteiger charge is 2.14. The molecular weight excluding hydrogens is 361 g/mol. The molecule has 126 valence electrons. The fourth-order valence-electron chi connectivity index (χ4n) is 2.79. The number of aryl methyl sites for hydroxylation is 1. The van der Waals surface area contributed by atoms with Gasteiger partial charge in [0.2, 0.25) is 5.78 Å². The van der Waals surface area contributed by atoms with Gasteiger partial charge in [-0.05, 0) is 30.3 Å². The molecular formula is C17H13Cl2N5O. The van der Waals surface area contributed by atoms with E-state index in [0.29, 0.717) is 33.6 Å². The monoisotopic (exact) mass is 373 g/mol. The lowest BCUT2D eigenvalue weighted by molar-refractivity contribution is 0.855. The Labute approximate surface area is 152 Å². The zero-order valence-corrected chi connectivity index (χ0v) is 14.7. The molecule has 0 saturated heterocycles. The summed E-state index contributed by atoms with van der Waals surface area (Å²) in [6.45, 7) is 0.418. The van der Waals surface area contributed by atoms with Crippen molar-refractivity contribution in [3.63, 3.8) is 0 Å². The maximum Gasteiger partial charge on any atom is 0.262 e. The Balaban J connectivity index is 1.80. The van der Waals surface area contributed by atoms with Crippen LogP contribution in [0, 0.1) is 0 Å². The molecule has 0 radical (unpaired) electrons. The normalized spacial score (nSPS) is 11.3. The van der Waals surface area contributed by atoms with Crippen LogP contribution in [0.15, 0.2) is 47.3 Å². The number of benzene rings is 2. The summed E-state index contributed by atoms with van der Waals surface area (Å²) in [6.07, 6.45) is 0. The molecule has 1 N–H and O–H groups in total. The van der Waals surface area contributed by atoms with Crippen molar-refractivity contribution in [3.05, 3.63) is 68.7 Å². The van der Waals surface area contributed by atoms with Crippen LogP contribution in [0.1, 0.15) is 5.82 Å². The van der Waals surface area contributed by atoms with Crippen molar-refractivity contribution in [1.82, 2.24) is 19.2 Å². The standard InChI is InChI=1S/C17H13Cl2N5O/c1-23-16(25)11-4-2-3-5-14(11)24-15(21-22-17(23)24)9-20-10-6-7-12(18)13(19)8-10/h2-8,20H,9H2,1H3. The lowest BCUT2D eigenvalue weighted by Crippen LogP contribution is -2.20. The number of aromatic nitrogens is 4. The zero-order valence-electron chi connectivity index (χ0n) is 13.2. The van der Waals surface area contributed by atoms with Crippen LogP contribution in [-0.4, -0.2) is 19.2 Å². The van der Waals surface area contributed by atoms with E-state index in [1.54, 1.807) is 25.2 Å². The molecule has 2 aromatic carbocycles. The van der Waals surface area contributed by atoms with E-state index in [9.17, 15) is 4.79 Å². The van der Waals surface area contributed by atoms with Crippen LogP contribution < -0.4 is 10.9 Å². The quantitative estimate of drug-likeness (QED) is 0.596. The average molecular weight is 374 g/mol. The summed E-state index contributed by atoms with van der Waals surface area (Å²) >= 11 is 12.0. The molecule has 4 aromatic rings. The summed E-state index contributed by atoms with van der Waals surface area (Å²) in [6, 6.07) is 12.7. The highest BCUT2D eigenvalue weighted by atomic mass is 35.5. The second kappa shape index (κ2) is 6.06. The number of anilines is 1. The van der Waals surface area contributed by atoms with Gasteiger partial charge >= 0.3 is 0 Å². The van der Waals surface area contributed by atoms with Gasteiger partial charge in [0.15, 0.2) is 5.82 Å². The van der Waals surface area contributed by atoms with E-state index < -0.39 is 0 Å². The predicted molar refractivity (Wildman–Crippen MR) is 99.5 cm³/mol. The van der Waals surface area contributed by atoms with Gasteiger partial charge in [-0.25, -0.2) is 0 Å². The molecule has 0 atom stereocenters. The van der Waals surface area contributed by atoms with Crippen LogP contribution in [0.3, 0.4) is 0 Å². The second-order valence-electron chi connectivity index (χ2n) is 5.62. The molecule has 2 heterocycles. The summed E-state index contributed by atoms with van der Waals surface area (Å²) in [7, 11) is 1.69. The van der Waals surface area contributed by atoms with Crippen LogP contribution in [-0.2, 0) is 13.6 Å². The minimum atomic E-state index is -0.0977. The van der Waals surface area contributed by atoms with Crippen molar-refractivity contribution in [2.24, 2.45) is 7.05 Å². The van der Waals surface area contributed by atoms with Crippen LogP contribution in [0.4, 0.5) is 5.69 Å². The van der Waals surface area contributed by atoms with Gasteiger partial charge in [-0.15, -0.1) is 10.2 Å². The maximum absolute atomic E-state index is 12.4. The van der Waals surface area contributed by atoms with Gasteiger partial charge in [0.1, 0.15) is 0 Å². The molecule has 0 aliphatic heterocycles. The minimum Gasteiger partial charge on any atom is -0.378 e. The van der Waals surface area contributed by atoms with Crippen LogP contribution in [0.25, 0.3) is 16.7 Å². The van der Waals surface area contributed by atoms with Gasteiger partial charge in [-0.3, -0.25) is 13.8 Å². The van der Waals surface area contributed by atoms with Crippen molar-refractivity contribution >= 4 is 45.6 Å². The van der Waals surface area contributed by atoms with Gasteiger partial charge in [0.05, 0.1) is 27.5 Å². The first-order valence-corrected chi connectivity index (χ1v) is 8.32. The largest absolute Gasteiger partial charge is 0.378 e. The average Bonchev–Trinajstić information content (AvgIpc) is 3.05. The van der Waals surface area contributed by atoms with E-state index in [0.717, 1.165) is 11.2 Å². The maximum atomic E-state index is 12.4. The van der Waals surface area contributed by atoms with Crippen molar-refractivity contribution in [2.75, 3.05) is 5.32 Å². The van der Waals surface area contributed by atoms with E-state index in [-0.39, 0.29) is 5.56 Å². The number of nitrogens with zero attached hydrogens (tertiary/aromatic N) is 4. The predicted octanol–water partition coefficient (Wildman–Crippen LogP) is 3.50. The van der Waals surface area contributed by atoms with E-state index >= 15 is 0 Å². The first-order valence-electron chi connectivity index (χ1n) is 7.57. The molecule has 0 aliphatic carbocycles. The Morgan fingerprint density at radius 1 is 1.08 bits per heavy atom. The van der Waals surface area contributed by atoms with E-state index in [2.05, 4.69) is 15.5 Å². The Hall–Kier alpha value is -2.57. The van der Waals surface area contributed by atoms with Gasteiger partial charge in [-0.1, -0.05) is 35.3 Å². The first-order chi connectivity index (χ1) is 12.1. The molecule has 2 aromatic heterocycles. The summed E-state index contributed by atoms with van der Waals surface area (Å²) in [4.78, 5) is 12.4. The number of hydrogen-bond acceptors (Lipinski definition) is 4. The second-order valence-corrected chi connectivity index (χ2v) is 6.43. The lowest BCUT2D eigenvalue weighted by Gasteiger charge is -2.09. The fraction of sp³-hybridized carbons (Fsp3) is 0.118. The summed E-state index contributed by atoms with van der Waals surface area (Å²) in [5.74, 6) is 1.18. The molecule has 6 nitrogen and oxygen atoms in total. The van der Waals surface area contributed by atoms with Gasteiger partial charge in [0, 0.05) is 12.7 Å². The van der Waals surface area contributed by atoms with Crippen LogP contribution >= 0.6 is 23.2 Å². The third-order valence-electron chi connectivity index (χ3n) is 4.06. The summed E-state index contributed by atoms with van der Waals surface area (Å²) in [5, 5.41) is 13.2. The summed E-state index contributed by atoms with van der Waals surface area (Å²) in [5.41, 5.74) is 1.50. The van der Waals surface area contributed by atoms with Crippen LogP contribution in [0.2, 0.25) is 10.0 Å². The molecule has 0 unspecified atom stereocenters. The number of fused-ring (bicyclic) bond motifs is 3. The number of hydrogen-bond donors (Lipinski definition) is 1. The third kappa shape index (κ3) is 2.63. The SMILES string of the molecule is Cn1c(=O)c2ccccc2n2c(CNc3ccc(Cl)c(Cl)c3)nnc12. The van der Waals surface area contributed by atoms with Crippen molar-refractivity contribution in [3.8, 4) is 0 Å². The minimum absolute atomic E-state index is 0.0977. The van der Waals surface area contributed by atoms with E-state index in [4.69, 9.17) is 23.2 Å². The summed E-state index contributed by atoms with van der Waals surface area (Å²) < 4.78 is 3.37. The number of halogens is 2. The molecule has 0 amide bonds. The van der Waals surface area contributed by atoms with Crippen molar-refractivity contribution in [2.45, 2.75) is 6.54 Å². The Kier molecular flexibility index (Phi) is 3.86. The Bertz CT molecular complexity index is 1170. The Morgan fingerprint density at radius 3 is 2.68 bits per heavy atom. The lowest BCUT2D eigenvalue weighted by atomic mass is 10.2.